The summed E-state index contributed by atoms with van der Waals surface area (Å²) in [6, 6.07) is 4.73. The number of hydrogen-bond acceptors (Lipinski definition) is 10. The molecule has 0 bridgehead atoms. The van der Waals surface area contributed by atoms with Crippen molar-refractivity contribution in [3.63, 3.8) is 0 Å². The number of methoxy groups -OCH3 is 2. The number of amides is 7. The Morgan fingerprint density at radius 1 is 0.851 bits per heavy atom. The van der Waals surface area contributed by atoms with E-state index in [1.165, 1.54) is 36.2 Å². The van der Waals surface area contributed by atoms with Crippen LogP contribution in [0.4, 0.5) is 0 Å². The van der Waals surface area contributed by atoms with Gasteiger partial charge in [0.1, 0.15) is 18.1 Å². The molecule has 9 atom stereocenters. The molecule has 7 amide bonds. The number of benzene rings is 1. The largest absolute Gasteiger partial charge is 0.480 e. The summed E-state index contributed by atoms with van der Waals surface area (Å²) < 4.78 is 11.9. The number of ether oxygens (including phenoxy) is 2. The average Bonchev–Trinajstić information content (AvgIpc) is 3.83. The molecule has 17 heteroatoms. The first-order valence-electron chi connectivity index (χ1n) is 23.5. The lowest BCUT2D eigenvalue weighted by molar-refractivity contribution is -0.149. The number of likely N-dealkylation sites (N-methyl/N-ethyl adjacent to an activating group) is 2. The number of likely N-dealkylation sites (tertiary alicyclic amines) is 1. The van der Waals surface area contributed by atoms with Crippen LogP contribution in [0.3, 0.4) is 0 Å². The Balaban J connectivity index is 1.74. The number of imide groups is 1. The first-order chi connectivity index (χ1) is 31.6. The number of nitrogens with one attached hydrogen (secondary N) is 2. The molecule has 0 radical (unpaired) electrons. The van der Waals surface area contributed by atoms with Gasteiger partial charge < -0.3 is 39.9 Å². The summed E-state index contributed by atoms with van der Waals surface area (Å²) in [4.78, 5) is 112. The summed E-state index contributed by atoms with van der Waals surface area (Å²) in [5, 5.41) is 15.6. The molecular weight excluding hydrogens is 861 g/mol. The van der Waals surface area contributed by atoms with Gasteiger partial charge in [0, 0.05) is 66.4 Å². The van der Waals surface area contributed by atoms with Gasteiger partial charge in [-0.05, 0) is 42.6 Å². The van der Waals surface area contributed by atoms with E-state index < -0.39 is 66.1 Å². The lowest BCUT2D eigenvalue weighted by Gasteiger charge is -2.41. The molecule has 0 spiro atoms. The van der Waals surface area contributed by atoms with Gasteiger partial charge in [-0.2, -0.15) is 0 Å². The predicted octanol–water partition coefficient (Wildman–Crippen LogP) is 3.99. The zero-order valence-electron chi connectivity index (χ0n) is 41.5. The topological polar surface area (TPSA) is 212 Å². The molecule has 372 valence electrons. The monoisotopic (exact) mass is 937 g/mol. The van der Waals surface area contributed by atoms with Crippen LogP contribution in [0.25, 0.3) is 0 Å². The van der Waals surface area contributed by atoms with Gasteiger partial charge in [0.2, 0.25) is 29.5 Å². The first kappa shape index (κ1) is 55.9. The Hall–Kier alpha value is -5.42. The van der Waals surface area contributed by atoms with Crippen molar-refractivity contribution in [2.45, 2.75) is 142 Å². The predicted molar refractivity (Wildman–Crippen MR) is 253 cm³/mol. The van der Waals surface area contributed by atoms with Crippen molar-refractivity contribution in [3.8, 4) is 0 Å². The van der Waals surface area contributed by atoms with E-state index in [9.17, 15) is 43.5 Å². The van der Waals surface area contributed by atoms with Gasteiger partial charge in [0.15, 0.2) is 0 Å². The highest BCUT2D eigenvalue weighted by molar-refractivity contribution is 6.12. The number of rotatable bonds is 27. The number of hydrogen-bond donors (Lipinski definition) is 3. The third-order valence-corrected chi connectivity index (χ3v) is 13.3. The Bertz CT molecular complexity index is 1920. The fraction of sp³-hybridized carbons (Fsp3) is 0.640. The van der Waals surface area contributed by atoms with Gasteiger partial charge >= 0.3 is 5.97 Å². The summed E-state index contributed by atoms with van der Waals surface area (Å²) in [6.45, 7) is 17.5. The van der Waals surface area contributed by atoms with Crippen LogP contribution in [0.15, 0.2) is 54.6 Å². The van der Waals surface area contributed by atoms with Crippen LogP contribution in [0.5, 0.6) is 0 Å². The van der Waals surface area contributed by atoms with E-state index >= 15 is 0 Å². The molecule has 67 heavy (non-hydrogen) atoms. The van der Waals surface area contributed by atoms with Crippen LogP contribution in [0, 0.1) is 23.7 Å². The molecule has 1 fully saturated rings. The third-order valence-electron chi connectivity index (χ3n) is 13.3. The van der Waals surface area contributed by atoms with Crippen LogP contribution < -0.4 is 10.6 Å². The van der Waals surface area contributed by atoms with E-state index in [-0.39, 0.29) is 79.6 Å². The molecule has 1 aromatic rings. The number of aliphatic carboxylic acids is 1. The Morgan fingerprint density at radius 3 is 2.01 bits per heavy atom. The minimum Gasteiger partial charge on any atom is -0.480 e. The highest BCUT2D eigenvalue weighted by Crippen LogP contribution is 2.31. The second-order valence-electron chi connectivity index (χ2n) is 18.8. The second kappa shape index (κ2) is 26.2. The molecule has 0 saturated carbocycles. The number of carbonyl (C=O) groups is 8. The van der Waals surface area contributed by atoms with Crippen molar-refractivity contribution in [1.82, 2.24) is 30.2 Å². The summed E-state index contributed by atoms with van der Waals surface area (Å²) in [5.74, 6) is -5.49. The van der Waals surface area contributed by atoms with Gasteiger partial charge in [-0.1, -0.05) is 104 Å². The van der Waals surface area contributed by atoms with Gasteiger partial charge in [-0.25, -0.2) is 4.79 Å². The quantitative estimate of drug-likeness (QED) is 0.0652. The lowest BCUT2D eigenvalue weighted by Crippen LogP contribution is -2.60. The zero-order valence-corrected chi connectivity index (χ0v) is 41.5. The van der Waals surface area contributed by atoms with Crippen molar-refractivity contribution in [2.75, 3.05) is 41.4 Å². The van der Waals surface area contributed by atoms with E-state index in [4.69, 9.17) is 9.47 Å². The summed E-state index contributed by atoms with van der Waals surface area (Å²) in [6.07, 6.45) is 3.62. The SMILES string of the molecule is C=C1C[C@@H]([C@H](OC)[C@@H](C)C(=O)N[C@@H](Cc2ccccc2)C(=O)O)N(C(=O)C[C@@H](OC)[C@H]([C@@H](C)CC)N(C)C(=O)[C@@H](NC(=O)[C@H](C(C)C)N(C)C(=O)CCCCCN2C(=O)C=CC2=O)C(C)C)C1. The Labute approximate surface area is 397 Å². The van der Waals surface area contributed by atoms with Crippen LogP contribution >= 0.6 is 0 Å². The first-order valence-corrected chi connectivity index (χ1v) is 23.5. The highest BCUT2D eigenvalue weighted by atomic mass is 16.5. The fourth-order valence-corrected chi connectivity index (χ4v) is 9.21. The minimum atomic E-state index is -1.18. The molecule has 0 aliphatic carbocycles. The van der Waals surface area contributed by atoms with Crippen molar-refractivity contribution < 1.29 is 52.9 Å². The maximum atomic E-state index is 14.6. The molecule has 17 nitrogen and oxygen atoms in total. The second-order valence-corrected chi connectivity index (χ2v) is 18.8. The van der Waals surface area contributed by atoms with Crippen LogP contribution in [0.2, 0.25) is 0 Å². The van der Waals surface area contributed by atoms with E-state index in [2.05, 4.69) is 17.2 Å². The lowest BCUT2D eigenvalue weighted by atomic mass is 9.89. The highest BCUT2D eigenvalue weighted by Gasteiger charge is 2.44. The van der Waals surface area contributed by atoms with Crippen LogP contribution in [-0.4, -0.2) is 156 Å². The molecule has 0 aromatic heterocycles. The number of carboxylic acid groups (broad SMARTS) is 1. The maximum absolute atomic E-state index is 14.6. The molecular formula is C50H76N6O11. The zero-order chi connectivity index (χ0) is 50.3. The average molecular weight is 937 g/mol. The molecule has 3 rings (SSSR count). The standard InChI is InChI=1S/C50H76N6O11/c1-13-33(7)45(54(10)49(63)43(30(2)3)52-48(62)44(31(4)5)53(9)39(57)22-18-15-19-25-55-40(58)23-24-41(55)59)38(66-11)28-42(60)56-29-32(6)26-37(56)46(67-12)34(8)47(61)51-36(50(64)65)27-35-20-16-14-17-21-35/h14,16-17,20-21,23-24,30-31,33-34,36-38,43-46H,6,13,15,18-19,22,25-29H2,1-5,7-12H3,(H,51,61)(H,52,62)(H,64,65)/t33-,34+,36-,37-,38+,43-,44-,45-,46+/m0/s1. The van der Waals surface area contributed by atoms with E-state index in [0.717, 1.165) is 11.1 Å². The molecule has 1 aromatic carbocycles. The summed E-state index contributed by atoms with van der Waals surface area (Å²) in [5.41, 5.74) is 1.51. The Morgan fingerprint density at radius 2 is 1.48 bits per heavy atom. The maximum Gasteiger partial charge on any atom is 0.326 e. The molecule has 3 N–H and O–H groups in total. The minimum absolute atomic E-state index is 0.0856. The van der Waals surface area contributed by atoms with Gasteiger partial charge in [-0.15, -0.1) is 0 Å². The number of carboxylic acids is 1. The normalized spacial score (nSPS) is 18.6. The van der Waals surface area contributed by atoms with Gasteiger partial charge in [0.05, 0.1) is 36.6 Å². The van der Waals surface area contributed by atoms with Crippen LogP contribution in [0.1, 0.15) is 99.0 Å². The molecule has 2 aliphatic rings. The van der Waals surface area contributed by atoms with Crippen molar-refractivity contribution >= 4 is 47.3 Å². The van der Waals surface area contributed by atoms with Crippen molar-refractivity contribution in [1.29, 1.82) is 0 Å². The van der Waals surface area contributed by atoms with E-state index in [0.29, 0.717) is 32.1 Å². The molecule has 1 saturated heterocycles. The molecule has 0 unspecified atom stereocenters. The summed E-state index contributed by atoms with van der Waals surface area (Å²) in [7, 11) is 6.15. The third kappa shape index (κ3) is 15.0. The van der Waals surface area contributed by atoms with Gasteiger partial charge in [0.25, 0.3) is 11.8 Å². The number of unbranched alkanes of at least 4 members (excludes halogenated alkanes) is 2. The summed E-state index contributed by atoms with van der Waals surface area (Å²) >= 11 is 0. The molecule has 2 aliphatic heterocycles. The smallest absolute Gasteiger partial charge is 0.326 e. The van der Waals surface area contributed by atoms with Crippen LogP contribution in [-0.2, 0) is 54.3 Å². The van der Waals surface area contributed by atoms with E-state index in [1.54, 1.807) is 55.1 Å². The number of carbonyl (C=O) groups excluding carboxylic acids is 7. The molecule has 2 heterocycles. The number of nitrogens with zero attached hydrogens (tertiary/aromatic N) is 4. The van der Waals surface area contributed by atoms with Gasteiger partial charge in [-0.3, -0.25) is 38.5 Å². The van der Waals surface area contributed by atoms with E-state index in [1.807, 2.05) is 47.6 Å². The van der Waals surface area contributed by atoms with Crippen molar-refractivity contribution in [3.05, 3.63) is 60.2 Å². The van der Waals surface area contributed by atoms with Crippen molar-refractivity contribution in [2.24, 2.45) is 23.7 Å². The fourth-order valence-electron chi connectivity index (χ4n) is 9.21. The Kier molecular flexibility index (Phi) is 21.9.